The molecule has 0 bridgehead atoms. The topological polar surface area (TPSA) is 43.8 Å². The van der Waals surface area contributed by atoms with Gasteiger partial charge in [-0.3, -0.25) is 9.69 Å². The third-order valence-electron chi connectivity index (χ3n) is 2.98. The lowest BCUT2D eigenvalue weighted by Gasteiger charge is -2.27. The summed E-state index contributed by atoms with van der Waals surface area (Å²) in [4.78, 5) is 15.3. The molecule has 0 spiro atoms. The molecular weight excluding hydrogens is 192 g/mol. The molecule has 0 saturated carbocycles. The molecule has 1 rings (SSSR count). The van der Waals surface area contributed by atoms with Crippen molar-refractivity contribution in [2.24, 2.45) is 0 Å². The van der Waals surface area contributed by atoms with E-state index >= 15 is 0 Å². The van der Waals surface area contributed by atoms with Crippen LogP contribution >= 0.6 is 0 Å². The van der Waals surface area contributed by atoms with Crippen molar-refractivity contribution in [1.29, 1.82) is 0 Å². The molecule has 0 aromatic heterocycles. The fraction of sp³-hybridized carbons (Fsp3) is 0.909. The van der Waals surface area contributed by atoms with Crippen molar-refractivity contribution in [3.63, 3.8) is 0 Å². The van der Waals surface area contributed by atoms with Gasteiger partial charge in [-0.15, -0.1) is 0 Å². The van der Waals surface area contributed by atoms with Crippen molar-refractivity contribution in [1.82, 2.24) is 9.80 Å². The van der Waals surface area contributed by atoms with E-state index in [1.165, 1.54) is 6.42 Å². The summed E-state index contributed by atoms with van der Waals surface area (Å²) in [5.41, 5.74) is 0. The maximum atomic E-state index is 11.1. The highest BCUT2D eigenvalue weighted by Gasteiger charge is 2.26. The molecule has 0 aromatic rings. The van der Waals surface area contributed by atoms with Crippen molar-refractivity contribution >= 4 is 5.97 Å². The van der Waals surface area contributed by atoms with E-state index in [-0.39, 0.29) is 6.04 Å². The summed E-state index contributed by atoms with van der Waals surface area (Å²) in [7, 11) is 4.04. The Morgan fingerprint density at radius 1 is 1.40 bits per heavy atom. The maximum absolute atomic E-state index is 11.1. The van der Waals surface area contributed by atoms with Gasteiger partial charge >= 0.3 is 5.97 Å². The van der Waals surface area contributed by atoms with Gasteiger partial charge in [0.2, 0.25) is 0 Å². The Balaban J connectivity index is 2.50. The molecule has 1 heterocycles. The molecule has 0 amide bonds. The monoisotopic (exact) mass is 214 g/mol. The number of likely N-dealkylation sites (tertiary alicyclic amines) is 1. The maximum Gasteiger partial charge on any atom is 0.320 e. The molecular formula is C11H22N2O2. The highest BCUT2D eigenvalue weighted by atomic mass is 16.4. The zero-order chi connectivity index (χ0) is 11.3. The Morgan fingerprint density at radius 2 is 2.13 bits per heavy atom. The van der Waals surface area contributed by atoms with E-state index in [0.717, 1.165) is 38.9 Å². The molecule has 1 aliphatic heterocycles. The predicted octanol–water partition coefficient (Wildman–Crippen LogP) is 0.877. The summed E-state index contributed by atoms with van der Waals surface area (Å²) in [6.45, 7) is 2.73. The number of carbonyl (C=O) groups is 1. The average Bonchev–Trinajstić information content (AvgIpc) is 2.39. The van der Waals surface area contributed by atoms with Gasteiger partial charge in [0.15, 0.2) is 0 Å². The average molecular weight is 214 g/mol. The fourth-order valence-corrected chi connectivity index (χ4v) is 2.04. The van der Waals surface area contributed by atoms with E-state index in [9.17, 15) is 4.79 Å². The first-order valence-corrected chi connectivity index (χ1v) is 5.73. The number of aliphatic carboxylic acids is 1. The number of hydrogen-bond donors (Lipinski definition) is 1. The van der Waals surface area contributed by atoms with Crippen molar-refractivity contribution in [2.75, 3.05) is 33.7 Å². The standard InChI is InChI=1S/C11H22N2O2/c1-12(2)8-9-13-7-5-3-4-6-10(13)11(14)15/h10H,3-9H2,1-2H3,(H,14,15). The number of rotatable bonds is 4. The summed E-state index contributed by atoms with van der Waals surface area (Å²) in [6.07, 6.45) is 4.16. The van der Waals surface area contributed by atoms with E-state index in [2.05, 4.69) is 9.80 Å². The number of hydrogen-bond acceptors (Lipinski definition) is 3. The second kappa shape index (κ2) is 6.08. The molecule has 0 radical (unpaired) electrons. The predicted molar refractivity (Wildman–Crippen MR) is 60.0 cm³/mol. The number of nitrogens with zero attached hydrogens (tertiary/aromatic N) is 2. The van der Waals surface area contributed by atoms with E-state index in [0.29, 0.717) is 0 Å². The first kappa shape index (κ1) is 12.5. The lowest BCUT2D eigenvalue weighted by molar-refractivity contribution is -0.143. The van der Waals surface area contributed by atoms with Crippen LogP contribution in [0.3, 0.4) is 0 Å². The van der Waals surface area contributed by atoms with Crippen LogP contribution in [0.2, 0.25) is 0 Å². The molecule has 1 fully saturated rings. The minimum Gasteiger partial charge on any atom is -0.480 e. The minimum atomic E-state index is -0.657. The Labute approximate surface area is 91.9 Å². The van der Waals surface area contributed by atoms with Crippen LogP contribution in [0.5, 0.6) is 0 Å². The van der Waals surface area contributed by atoms with E-state index < -0.39 is 5.97 Å². The van der Waals surface area contributed by atoms with Crippen LogP contribution in [0.15, 0.2) is 0 Å². The second-order valence-corrected chi connectivity index (χ2v) is 4.54. The molecule has 1 atom stereocenters. The van der Waals surface area contributed by atoms with Crippen LogP contribution in [-0.4, -0.2) is 60.6 Å². The number of carboxylic acid groups (broad SMARTS) is 1. The van der Waals surface area contributed by atoms with Gasteiger partial charge in [-0.25, -0.2) is 0 Å². The molecule has 0 aliphatic carbocycles. The smallest absolute Gasteiger partial charge is 0.320 e. The lowest BCUT2D eigenvalue weighted by atomic mass is 10.1. The van der Waals surface area contributed by atoms with Crippen LogP contribution in [-0.2, 0) is 4.79 Å². The van der Waals surface area contributed by atoms with Crippen LogP contribution in [0, 0.1) is 0 Å². The molecule has 4 heteroatoms. The molecule has 0 aromatic carbocycles. The van der Waals surface area contributed by atoms with Crippen LogP contribution < -0.4 is 0 Å². The van der Waals surface area contributed by atoms with Crippen molar-refractivity contribution in [3.8, 4) is 0 Å². The molecule has 1 unspecified atom stereocenters. The SMILES string of the molecule is CN(C)CCN1CCCCCC1C(=O)O. The van der Waals surface area contributed by atoms with E-state index in [1.807, 2.05) is 14.1 Å². The summed E-state index contributed by atoms with van der Waals surface area (Å²) < 4.78 is 0. The third kappa shape index (κ3) is 4.18. The fourth-order valence-electron chi connectivity index (χ4n) is 2.04. The molecule has 15 heavy (non-hydrogen) atoms. The second-order valence-electron chi connectivity index (χ2n) is 4.54. The Morgan fingerprint density at radius 3 is 2.73 bits per heavy atom. The van der Waals surface area contributed by atoms with Crippen LogP contribution in [0.4, 0.5) is 0 Å². The molecule has 88 valence electrons. The van der Waals surface area contributed by atoms with Gasteiger partial charge in [0.05, 0.1) is 0 Å². The van der Waals surface area contributed by atoms with Crippen molar-refractivity contribution in [3.05, 3.63) is 0 Å². The zero-order valence-electron chi connectivity index (χ0n) is 9.78. The molecule has 4 nitrogen and oxygen atoms in total. The largest absolute Gasteiger partial charge is 0.480 e. The Bertz CT molecular complexity index is 207. The number of likely N-dealkylation sites (N-methyl/N-ethyl adjacent to an activating group) is 1. The third-order valence-corrected chi connectivity index (χ3v) is 2.98. The van der Waals surface area contributed by atoms with Gasteiger partial charge in [0.1, 0.15) is 6.04 Å². The van der Waals surface area contributed by atoms with Crippen LogP contribution in [0.1, 0.15) is 25.7 Å². The lowest BCUT2D eigenvalue weighted by Crippen LogP contribution is -2.43. The summed E-state index contributed by atoms with van der Waals surface area (Å²) in [6, 6.07) is -0.257. The van der Waals surface area contributed by atoms with E-state index in [1.54, 1.807) is 0 Å². The Hall–Kier alpha value is -0.610. The molecule has 1 aliphatic rings. The van der Waals surface area contributed by atoms with Crippen LogP contribution in [0.25, 0.3) is 0 Å². The van der Waals surface area contributed by atoms with Gasteiger partial charge < -0.3 is 10.0 Å². The van der Waals surface area contributed by atoms with Crippen molar-refractivity contribution < 1.29 is 9.90 Å². The van der Waals surface area contributed by atoms with Crippen molar-refractivity contribution in [2.45, 2.75) is 31.7 Å². The molecule has 1 saturated heterocycles. The first-order chi connectivity index (χ1) is 7.11. The van der Waals surface area contributed by atoms with Gasteiger partial charge in [0, 0.05) is 13.1 Å². The first-order valence-electron chi connectivity index (χ1n) is 5.73. The zero-order valence-corrected chi connectivity index (χ0v) is 9.78. The highest BCUT2D eigenvalue weighted by Crippen LogP contribution is 2.16. The highest BCUT2D eigenvalue weighted by molar-refractivity contribution is 5.73. The minimum absolute atomic E-state index is 0.257. The number of carboxylic acids is 1. The van der Waals surface area contributed by atoms with Gasteiger partial charge in [-0.1, -0.05) is 12.8 Å². The van der Waals surface area contributed by atoms with Gasteiger partial charge in [-0.05, 0) is 33.5 Å². The van der Waals surface area contributed by atoms with Gasteiger partial charge in [0.25, 0.3) is 0 Å². The van der Waals surface area contributed by atoms with E-state index in [4.69, 9.17) is 5.11 Å². The Kier molecular flexibility index (Phi) is 5.05. The van der Waals surface area contributed by atoms with Gasteiger partial charge in [-0.2, -0.15) is 0 Å². The quantitative estimate of drug-likeness (QED) is 0.754. The summed E-state index contributed by atoms with van der Waals surface area (Å²) >= 11 is 0. The normalized spacial score (nSPS) is 24.1. The molecule has 1 N–H and O–H groups in total. The summed E-state index contributed by atoms with van der Waals surface area (Å²) in [5.74, 6) is -0.657. The summed E-state index contributed by atoms with van der Waals surface area (Å²) in [5, 5.41) is 9.14.